The lowest BCUT2D eigenvalue weighted by Gasteiger charge is -2.20. The fourth-order valence-electron chi connectivity index (χ4n) is 2.23. The number of halogens is 1. The number of carbonyl (C=O) groups is 1. The number of benzene rings is 2. The number of nitrogens with one attached hydrogen (secondary N) is 2. The predicted molar refractivity (Wildman–Crippen MR) is 93.3 cm³/mol. The Kier molecular flexibility index (Phi) is 4.71. The van der Waals surface area contributed by atoms with Gasteiger partial charge in [-0.05, 0) is 43.3 Å². The van der Waals surface area contributed by atoms with E-state index in [9.17, 15) is 4.79 Å². The molecule has 1 amide bonds. The van der Waals surface area contributed by atoms with Gasteiger partial charge in [-0.25, -0.2) is 0 Å². The summed E-state index contributed by atoms with van der Waals surface area (Å²) in [6.07, 6.45) is 0. The molecule has 5 nitrogen and oxygen atoms in total. The summed E-state index contributed by atoms with van der Waals surface area (Å²) in [5.74, 6) is 1.32. The summed E-state index contributed by atoms with van der Waals surface area (Å²) in [4.78, 5) is 12.2. The zero-order chi connectivity index (χ0) is 16.2. The van der Waals surface area contributed by atoms with E-state index < -0.39 is 0 Å². The van der Waals surface area contributed by atoms with Crippen molar-refractivity contribution >= 4 is 33.2 Å². The van der Waals surface area contributed by atoms with Crippen molar-refractivity contribution in [2.45, 2.75) is 13.0 Å². The molecule has 1 unspecified atom stereocenters. The van der Waals surface area contributed by atoms with Gasteiger partial charge in [-0.1, -0.05) is 15.9 Å². The number of hydrogen-bond donors (Lipinski definition) is 2. The summed E-state index contributed by atoms with van der Waals surface area (Å²) < 4.78 is 12.0. The highest BCUT2D eigenvalue weighted by Gasteiger charge is 2.16. The van der Waals surface area contributed by atoms with Crippen molar-refractivity contribution in [1.82, 2.24) is 0 Å². The molecule has 23 heavy (non-hydrogen) atoms. The van der Waals surface area contributed by atoms with E-state index in [1.54, 1.807) is 0 Å². The standard InChI is InChI=1S/C17H17BrN2O3/c1-11(17(21)20-13-4-2-12(18)3-5-13)19-14-6-7-15-16(10-14)23-9-8-22-15/h2-7,10-11,19H,8-9H2,1H3,(H,20,21). The molecule has 1 aliphatic heterocycles. The topological polar surface area (TPSA) is 59.6 Å². The minimum absolute atomic E-state index is 0.109. The highest BCUT2D eigenvalue weighted by atomic mass is 79.9. The number of anilines is 2. The largest absolute Gasteiger partial charge is 0.486 e. The molecule has 0 aliphatic carbocycles. The van der Waals surface area contributed by atoms with Gasteiger partial charge < -0.3 is 20.1 Å². The van der Waals surface area contributed by atoms with Gasteiger partial charge in [-0.2, -0.15) is 0 Å². The molecule has 6 heteroatoms. The minimum atomic E-state index is -0.388. The SMILES string of the molecule is CC(Nc1ccc2c(c1)OCCO2)C(=O)Nc1ccc(Br)cc1. The van der Waals surface area contributed by atoms with Crippen molar-refractivity contribution in [2.24, 2.45) is 0 Å². The van der Waals surface area contributed by atoms with Gasteiger partial charge >= 0.3 is 0 Å². The summed E-state index contributed by atoms with van der Waals surface area (Å²) in [5.41, 5.74) is 1.57. The van der Waals surface area contributed by atoms with Crippen LogP contribution in [0.15, 0.2) is 46.9 Å². The van der Waals surface area contributed by atoms with Crippen LogP contribution in [0.3, 0.4) is 0 Å². The first kappa shape index (κ1) is 15.7. The highest BCUT2D eigenvalue weighted by molar-refractivity contribution is 9.10. The molecule has 1 heterocycles. The molecule has 2 N–H and O–H groups in total. The second kappa shape index (κ2) is 6.91. The smallest absolute Gasteiger partial charge is 0.246 e. The van der Waals surface area contributed by atoms with Crippen molar-refractivity contribution in [3.63, 3.8) is 0 Å². The summed E-state index contributed by atoms with van der Waals surface area (Å²) >= 11 is 3.37. The van der Waals surface area contributed by atoms with Crippen LogP contribution in [0.5, 0.6) is 11.5 Å². The Morgan fingerprint density at radius 3 is 2.43 bits per heavy atom. The highest BCUT2D eigenvalue weighted by Crippen LogP contribution is 2.32. The molecule has 0 bridgehead atoms. The average Bonchev–Trinajstić information content (AvgIpc) is 2.56. The van der Waals surface area contributed by atoms with E-state index in [4.69, 9.17) is 9.47 Å². The molecule has 0 aromatic heterocycles. The molecule has 0 radical (unpaired) electrons. The Balaban J connectivity index is 1.62. The van der Waals surface area contributed by atoms with Gasteiger partial charge in [0.25, 0.3) is 0 Å². The van der Waals surface area contributed by atoms with E-state index in [0.29, 0.717) is 19.0 Å². The Bertz CT molecular complexity index is 703. The van der Waals surface area contributed by atoms with Crippen LogP contribution in [0.4, 0.5) is 11.4 Å². The average molecular weight is 377 g/mol. The summed E-state index contributed by atoms with van der Waals surface area (Å²) in [5, 5.41) is 6.04. The molecule has 0 fully saturated rings. The molecule has 1 aliphatic rings. The van der Waals surface area contributed by atoms with Gasteiger partial charge in [0, 0.05) is 21.9 Å². The minimum Gasteiger partial charge on any atom is -0.486 e. The number of hydrogen-bond acceptors (Lipinski definition) is 4. The van der Waals surface area contributed by atoms with Gasteiger partial charge in [-0.15, -0.1) is 0 Å². The van der Waals surface area contributed by atoms with Gasteiger partial charge in [0.05, 0.1) is 0 Å². The quantitative estimate of drug-likeness (QED) is 0.854. The van der Waals surface area contributed by atoms with E-state index in [0.717, 1.165) is 21.6 Å². The maximum absolute atomic E-state index is 12.2. The number of amides is 1. The Morgan fingerprint density at radius 2 is 1.70 bits per heavy atom. The van der Waals surface area contributed by atoms with Crippen molar-refractivity contribution in [3.05, 3.63) is 46.9 Å². The van der Waals surface area contributed by atoms with Crippen molar-refractivity contribution in [2.75, 3.05) is 23.8 Å². The van der Waals surface area contributed by atoms with Crippen molar-refractivity contribution in [1.29, 1.82) is 0 Å². The lowest BCUT2D eigenvalue weighted by Crippen LogP contribution is -2.31. The summed E-state index contributed by atoms with van der Waals surface area (Å²) in [6.45, 7) is 2.91. The fraction of sp³-hybridized carbons (Fsp3) is 0.235. The van der Waals surface area contributed by atoms with E-state index in [-0.39, 0.29) is 11.9 Å². The second-order valence-corrected chi connectivity index (χ2v) is 6.14. The van der Waals surface area contributed by atoms with E-state index in [1.165, 1.54) is 0 Å². The van der Waals surface area contributed by atoms with Gasteiger partial charge in [0.1, 0.15) is 19.3 Å². The van der Waals surface area contributed by atoms with E-state index >= 15 is 0 Å². The zero-order valence-electron chi connectivity index (χ0n) is 12.6. The van der Waals surface area contributed by atoms with Crippen LogP contribution in [-0.4, -0.2) is 25.2 Å². The third-order valence-corrected chi connectivity index (χ3v) is 3.96. The van der Waals surface area contributed by atoms with Crippen molar-refractivity contribution in [3.8, 4) is 11.5 Å². The van der Waals surface area contributed by atoms with Crippen LogP contribution >= 0.6 is 15.9 Å². The molecule has 120 valence electrons. The first-order valence-corrected chi connectivity index (χ1v) is 8.14. The molecule has 1 atom stereocenters. The molecule has 0 saturated carbocycles. The molecule has 3 rings (SSSR count). The molecule has 2 aromatic rings. The van der Waals surface area contributed by atoms with Gasteiger partial charge in [-0.3, -0.25) is 4.79 Å². The van der Waals surface area contributed by atoms with Crippen LogP contribution in [0.1, 0.15) is 6.92 Å². The number of rotatable bonds is 4. The maximum atomic E-state index is 12.2. The maximum Gasteiger partial charge on any atom is 0.246 e. The number of carbonyl (C=O) groups excluding carboxylic acids is 1. The van der Waals surface area contributed by atoms with Crippen molar-refractivity contribution < 1.29 is 14.3 Å². The Morgan fingerprint density at radius 1 is 1.04 bits per heavy atom. The van der Waals surface area contributed by atoms with Gasteiger partial charge in [0.2, 0.25) is 5.91 Å². The van der Waals surface area contributed by atoms with Crippen LogP contribution < -0.4 is 20.1 Å². The first-order chi connectivity index (χ1) is 11.1. The van der Waals surface area contributed by atoms with Crippen LogP contribution in [0.25, 0.3) is 0 Å². The molecule has 0 saturated heterocycles. The molecular formula is C17H17BrN2O3. The van der Waals surface area contributed by atoms with Crippen LogP contribution in [0.2, 0.25) is 0 Å². The number of fused-ring (bicyclic) bond motifs is 1. The number of ether oxygens (including phenoxy) is 2. The summed E-state index contributed by atoms with van der Waals surface area (Å²) in [6, 6.07) is 12.6. The Labute approximate surface area is 143 Å². The van der Waals surface area contributed by atoms with Gasteiger partial charge in [0.15, 0.2) is 11.5 Å². The molecular weight excluding hydrogens is 360 g/mol. The van der Waals surface area contributed by atoms with E-state index in [1.807, 2.05) is 49.4 Å². The third-order valence-electron chi connectivity index (χ3n) is 3.43. The first-order valence-electron chi connectivity index (χ1n) is 7.34. The molecule has 2 aromatic carbocycles. The van der Waals surface area contributed by atoms with Crippen LogP contribution in [-0.2, 0) is 4.79 Å². The predicted octanol–water partition coefficient (Wildman–Crippen LogP) is 3.66. The fourth-order valence-corrected chi connectivity index (χ4v) is 2.50. The summed E-state index contributed by atoms with van der Waals surface area (Å²) in [7, 11) is 0. The van der Waals surface area contributed by atoms with E-state index in [2.05, 4.69) is 26.6 Å². The monoisotopic (exact) mass is 376 g/mol. The zero-order valence-corrected chi connectivity index (χ0v) is 14.2. The lowest BCUT2D eigenvalue weighted by molar-refractivity contribution is -0.116. The molecule has 0 spiro atoms. The lowest BCUT2D eigenvalue weighted by atomic mass is 10.2. The normalized spacial score (nSPS) is 14.0. The van der Waals surface area contributed by atoms with Crippen LogP contribution in [0, 0.1) is 0 Å². The Hall–Kier alpha value is -2.21. The third kappa shape index (κ3) is 3.96. The second-order valence-electron chi connectivity index (χ2n) is 5.22.